The van der Waals surface area contributed by atoms with Gasteiger partial charge in [0.2, 0.25) is 5.95 Å². The van der Waals surface area contributed by atoms with Crippen molar-refractivity contribution in [2.45, 2.75) is 33.1 Å². The molecule has 0 spiro atoms. The van der Waals surface area contributed by atoms with E-state index in [4.69, 9.17) is 0 Å². The Morgan fingerprint density at radius 1 is 1.07 bits per heavy atom. The molecule has 0 bridgehead atoms. The van der Waals surface area contributed by atoms with Crippen LogP contribution in [-0.2, 0) is 13.5 Å². The summed E-state index contributed by atoms with van der Waals surface area (Å²) >= 11 is 0. The Bertz CT molecular complexity index is 1080. The van der Waals surface area contributed by atoms with Gasteiger partial charge in [0, 0.05) is 37.5 Å². The first kappa shape index (κ1) is 18.1. The van der Waals surface area contributed by atoms with Gasteiger partial charge in [-0.3, -0.25) is 9.08 Å². The highest BCUT2D eigenvalue weighted by Crippen LogP contribution is 2.22. The van der Waals surface area contributed by atoms with Gasteiger partial charge in [-0.05, 0) is 24.1 Å². The van der Waals surface area contributed by atoms with Crippen molar-refractivity contribution in [3.8, 4) is 11.3 Å². The van der Waals surface area contributed by atoms with Gasteiger partial charge in [0.15, 0.2) is 5.65 Å². The van der Waals surface area contributed by atoms with Gasteiger partial charge in [0.1, 0.15) is 11.6 Å². The number of hydrogen-bond acceptors (Lipinski definition) is 6. The first-order chi connectivity index (χ1) is 13.7. The fourth-order valence-corrected chi connectivity index (χ4v) is 3.27. The van der Waals surface area contributed by atoms with Crippen LogP contribution in [0.4, 0.5) is 11.8 Å². The van der Waals surface area contributed by atoms with E-state index < -0.39 is 0 Å². The van der Waals surface area contributed by atoms with Crippen LogP contribution in [0.5, 0.6) is 0 Å². The molecule has 4 heterocycles. The molecule has 8 heteroatoms. The second kappa shape index (κ2) is 7.75. The predicted molar refractivity (Wildman–Crippen MR) is 108 cm³/mol. The highest BCUT2D eigenvalue weighted by atomic mass is 15.3. The Morgan fingerprint density at radius 3 is 2.68 bits per heavy atom. The number of nitrogens with one attached hydrogen (secondary N) is 1. The van der Waals surface area contributed by atoms with Crippen molar-refractivity contribution >= 4 is 17.4 Å². The van der Waals surface area contributed by atoms with E-state index in [1.165, 1.54) is 0 Å². The number of rotatable bonds is 7. The monoisotopic (exact) mass is 376 g/mol. The van der Waals surface area contributed by atoms with Crippen LogP contribution in [0.25, 0.3) is 16.9 Å². The molecular weight excluding hydrogens is 352 g/mol. The van der Waals surface area contributed by atoms with Crippen molar-refractivity contribution in [2.75, 3.05) is 5.32 Å². The standard InChI is InChI=1S/C20H24N8/c1-4-14(5-2)12-18-25-26-19-13-15(8-11-28(18)19)16-6-9-21-20(23-16)24-17-7-10-22-27(17)3/h6-11,13-14H,4-5,12H2,1-3H3,(H,21,23,24). The smallest absolute Gasteiger partial charge is 0.228 e. The quantitative estimate of drug-likeness (QED) is 0.530. The minimum atomic E-state index is 0.525. The maximum absolute atomic E-state index is 4.63. The van der Waals surface area contributed by atoms with Crippen LogP contribution in [0.3, 0.4) is 0 Å². The van der Waals surface area contributed by atoms with E-state index in [1.54, 1.807) is 17.1 Å². The second-order valence-corrected chi connectivity index (χ2v) is 6.88. The van der Waals surface area contributed by atoms with E-state index >= 15 is 0 Å². The summed E-state index contributed by atoms with van der Waals surface area (Å²) in [5, 5.41) is 16.1. The van der Waals surface area contributed by atoms with Crippen molar-refractivity contribution in [1.29, 1.82) is 0 Å². The topological polar surface area (TPSA) is 85.8 Å². The largest absolute Gasteiger partial charge is 0.309 e. The molecule has 0 fully saturated rings. The van der Waals surface area contributed by atoms with Crippen LogP contribution in [-0.4, -0.2) is 34.3 Å². The van der Waals surface area contributed by atoms with Crippen molar-refractivity contribution in [3.05, 3.63) is 48.7 Å². The highest BCUT2D eigenvalue weighted by Gasteiger charge is 2.12. The normalized spacial score (nSPS) is 11.4. The molecule has 28 heavy (non-hydrogen) atoms. The van der Waals surface area contributed by atoms with E-state index in [2.05, 4.69) is 48.8 Å². The summed E-state index contributed by atoms with van der Waals surface area (Å²) in [6.07, 6.45) is 8.74. The van der Waals surface area contributed by atoms with Gasteiger partial charge in [-0.1, -0.05) is 26.7 Å². The number of hydrogen-bond donors (Lipinski definition) is 1. The number of pyridine rings is 1. The zero-order valence-corrected chi connectivity index (χ0v) is 16.4. The van der Waals surface area contributed by atoms with Crippen LogP contribution in [0.2, 0.25) is 0 Å². The third kappa shape index (κ3) is 3.58. The van der Waals surface area contributed by atoms with Gasteiger partial charge in [-0.2, -0.15) is 5.10 Å². The SMILES string of the molecule is CCC(CC)Cc1nnc2cc(-c3ccnc(Nc4ccnn4C)n3)ccn12. The fraction of sp³-hybridized carbons (Fsp3) is 0.350. The summed E-state index contributed by atoms with van der Waals surface area (Å²) in [4.78, 5) is 8.93. The minimum Gasteiger partial charge on any atom is -0.309 e. The Labute approximate surface area is 163 Å². The third-order valence-electron chi connectivity index (χ3n) is 5.12. The van der Waals surface area contributed by atoms with Gasteiger partial charge < -0.3 is 5.32 Å². The lowest BCUT2D eigenvalue weighted by molar-refractivity contribution is 0.476. The third-order valence-corrected chi connectivity index (χ3v) is 5.12. The molecule has 0 radical (unpaired) electrons. The molecule has 4 aromatic rings. The first-order valence-corrected chi connectivity index (χ1v) is 9.60. The maximum atomic E-state index is 4.63. The van der Waals surface area contributed by atoms with Gasteiger partial charge in [-0.15, -0.1) is 10.2 Å². The summed E-state index contributed by atoms with van der Waals surface area (Å²) in [5.41, 5.74) is 2.63. The Balaban J connectivity index is 1.61. The van der Waals surface area contributed by atoms with Gasteiger partial charge in [0.05, 0.1) is 11.9 Å². The molecule has 8 nitrogen and oxygen atoms in total. The Kier molecular flexibility index (Phi) is 5.01. The summed E-state index contributed by atoms with van der Waals surface area (Å²) < 4.78 is 3.80. The van der Waals surface area contributed by atoms with Crippen molar-refractivity contribution in [2.24, 2.45) is 13.0 Å². The summed E-state index contributed by atoms with van der Waals surface area (Å²) in [7, 11) is 1.87. The molecule has 0 aliphatic rings. The van der Waals surface area contributed by atoms with Gasteiger partial charge in [0.25, 0.3) is 0 Å². The Hall–Kier alpha value is -3.29. The zero-order chi connectivity index (χ0) is 19.5. The molecular formula is C20H24N8. The number of fused-ring (bicyclic) bond motifs is 1. The number of aryl methyl sites for hydroxylation is 1. The lowest BCUT2D eigenvalue weighted by Crippen LogP contribution is -2.05. The van der Waals surface area contributed by atoms with Gasteiger partial charge in [-0.25, -0.2) is 9.97 Å². The first-order valence-electron chi connectivity index (χ1n) is 9.60. The molecule has 0 aliphatic carbocycles. The molecule has 1 N–H and O–H groups in total. The molecule has 144 valence electrons. The highest BCUT2D eigenvalue weighted by molar-refractivity contribution is 5.65. The van der Waals surface area contributed by atoms with Crippen LogP contribution >= 0.6 is 0 Å². The average molecular weight is 376 g/mol. The maximum Gasteiger partial charge on any atom is 0.228 e. The lowest BCUT2D eigenvalue weighted by Gasteiger charge is -2.10. The summed E-state index contributed by atoms with van der Waals surface area (Å²) in [6, 6.07) is 7.82. The van der Waals surface area contributed by atoms with E-state index in [-0.39, 0.29) is 0 Å². The molecule has 0 saturated heterocycles. The molecule has 0 aliphatic heterocycles. The minimum absolute atomic E-state index is 0.525. The van der Waals surface area contributed by atoms with E-state index in [0.29, 0.717) is 11.9 Å². The molecule has 0 saturated carbocycles. The molecule has 4 rings (SSSR count). The van der Waals surface area contributed by atoms with Crippen LogP contribution in [0.15, 0.2) is 42.9 Å². The van der Waals surface area contributed by atoms with Crippen LogP contribution < -0.4 is 5.32 Å². The number of anilines is 2. The van der Waals surface area contributed by atoms with Gasteiger partial charge >= 0.3 is 0 Å². The molecule has 4 aromatic heterocycles. The summed E-state index contributed by atoms with van der Waals surface area (Å²) in [5.74, 6) is 3.00. The van der Waals surface area contributed by atoms with E-state index in [9.17, 15) is 0 Å². The molecule has 0 amide bonds. The molecule has 0 atom stereocenters. The van der Waals surface area contributed by atoms with Crippen LogP contribution in [0.1, 0.15) is 32.5 Å². The fourth-order valence-electron chi connectivity index (χ4n) is 3.27. The molecule has 0 unspecified atom stereocenters. The van der Waals surface area contributed by atoms with E-state index in [1.807, 2.05) is 37.5 Å². The number of aromatic nitrogens is 7. The second-order valence-electron chi connectivity index (χ2n) is 6.88. The van der Waals surface area contributed by atoms with Crippen molar-refractivity contribution in [1.82, 2.24) is 34.3 Å². The number of nitrogens with zero attached hydrogens (tertiary/aromatic N) is 7. The Morgan fingerprint density at radius 2 is 1.93 bits per heavy atom. The molecule has 0 aromatic carbocycles. The lowest BCUT2D eigenvalue weighted by atomic mass is 9.99. The van der Waals surface area contributed by atoms with Crippen molar-refractivity contribution < 1.29 is 0 Å². The summed E-state index contributed by atoms with van der Waals surface area (Å²) in [6.45, 7) is 4.45. The average Bonchev–Trinajstić information content (AvgIpc) is 3.32. The van der Waals surface area contributed by atoms with Crippen molar-refractivity contribution in [3.63, 3.8) is 0 Å². The van der Waals surface area contributed by atoms with Crippen LogP contribution in [0, 0.1) is 5.92 Å². The van der Waals surface area contributed by atoms with E-state index in [0.717, 1.165) is 47.8 Å². The predicted octanol–water partition coefficient (Wildman–Crippen LogP) is 3.64. The zero-order valence-electron chi connectivity index (χ0n) is 16.4.